The van der Waals surface area contributed by atoms with Crippen LogP contribution in [0.3, 0.4) is 0 Å². The van der Waals surface area contributed by atoms with Crippen LogP contribution in [0.5, 0.6) is 0 Å². The molecule has 1 aromatic rings. The van der Waals surface area contributed by atoms with Gasteiger partial charge in [0.2, 0.25) is 5.91 Å². The summed E-state index contributed by atoms with van der Waals surface area (Å²) < 4.78 is 13.1. The van der Waals surface area contributed by atoms with Gasteiger partial charge in [-0.3, -0.25) is 9.69 Å². The third-order valence-electron chi connectivity index (χ3n) is 7.94. The molecule has 0 radical (unpaired) electrons. The SMILES string of the molecule is CC1(C)C2CCC(C2)C1(C)NC(=O)CN1CCN(c2ccc(F)cc2)CC1. The van der Waals surface area contributed by atoms with Gasteiger partial charge < -0.3 is 10.2 Å². The van der Waals surface area contributed by atoms with Gasteiger partial charge in [0.1, 0.15) is 5.82 Å². The summed E-state index contributed by atoms with van der Waals surface area (Å²) in [5, 5.41) is 3.44. The monoisotopic (exact) mass is 373 g/mol. The molecule has 2 saturated carbocycles. The lowest BCUT2D eigenvalue weighted by molar-refractivity contribution is -0.126. The van der Waals surface area contributed by atoms with Gasteiger partial charge in [-0.1, -0.05) is 13.8 Å². The van der Waals surface area contributed by atoms with Crippen molar-refractivity contribution in [2.45, 2.75) is 45.6 Å². The van der Waals surface area contributed by atoms with Crippen LogP contribution in [0.2, 0.25) is 0 Å². The molecule has 1 amide bonds. The van der Waals surface area contributed by atoms with E-state index in [1.807, 2.05) is 12.1 Å². The van der Waals surface area contributed by atoms with Gasteiger partial charge in [0, 0.05) is 37.4 Å². The summed E-state index contributed by atoms with van der Waals surface area (Å²) in [5.41, 5.74) is 1.15. The van der Waals surface area contributed by atoms with E-state index in [9.17, 15) is 9.18 Å². The third kappa shape index (κ3) is 3.24. The molecule has 148 valence electrons. The number of piperazine rings is 1. The quantitative estimate of drug-likeness (QED) is 0.880. The molecule has 1 saturated heterocycles. The molecule has 4 rings (SSSR count). The van der Waals surface area contributed by atoms with Crippen molar-refractivity contribution in [3.05, 3.63) is 30.1 Å². The van der Waals surface area contributed by atoms with E-state index in [1.165, 1.54) is 31.4 Å². The van der Waals surface area contributed by atoms with Crippen LogP contribution < -0.4 is 10.2 Å². The highest BCUT2D eigenvalue weighted by atomic mass is 19.1. The maximum atomic E-state index is 13.1. The first-order valence-corrected chi connectivity index (χ1v) is 10.3. The number of nitrogens with zero attached hydrogens (tertiary/aromatic N) is 2. The maximum Gasteiger partial charge on any atom is 0.234 e. The largest absolute Gasteiger partial charge is 0.369 e. The Balaban J connectivity index is 1.30. The highest BCUT2D eigenvalue weighted by Crippen LogP contribution is 2.61. The van der Waals surface area contributed by atoms with Gasteiger partial charge in [-0.05, 0) is 67.7 Å². The molecule has 1 heterocycles. The summed E-state index contributed by atoms with van der Waals surface area (Å²) in [6.07, 6.45) is 3.83. The van der Waals surface area contributed by atoms with E-state index in [0.29, 0.717) is 12.5 Å². The normalized spacial score (nSPS) is 32.7. The number of nitrogens with one attached hydrogen (secondary N) is 1. The van der Waals surface area contributed by atoms with Crippen molar-refractivity contribution in [3.63, 3.8) is 0 Å². The van der Waals surface area contributed by atoms with Crippen molar-refractivity contribution in [2.24, 2.45) is 17.3 Å². The van der Waals surface area contributed by atoms with Crippen LogP contribution in [0.15, 0.2) is 24.3 Å². The van der Waals surface area contributed by atoms with Gasteiger partial charge in [-0.25, -0.2) is 4.39 Å². The van der Waals surface area contributed by atoms with Crippen LogP contribution >= 0.6 is 0 Å². The summed E-state index contributed by atoms with van der Waals surface area (Å²) in [6, 6.07) is 6.67. The molecule has 4 nitrogen and oxygen atoms in total. The average Bonchev–Trinajstić information content (AvgIpc) is 3.19. The zero-order chi connectivity index (χ0) is 19.2. The zero-order valence-corrected chi connectivity index (χ0v) is 16.8. The molecule has 0 spiro atoms. The van der Waals surface area contributed by atoms with Gasteiger partial charge in [-0.15, -0.1) is 0 Å². The number of benzene rings is 1. The molecule has 2 aliphatic carbocycles. The number of carbonyl (C=O) groups is 1. The van der Waals surface area contributed by atoms with Crippen LogP contribution in [-0.2, 0) is 4.79 Å². The minimum Gasteiger partial charge on any atom is -0.369 e. The molecule has 3 unspecified atom stereocenters. The fraction of sp³-hybridized carbons (Fsp3) is 0.682. The fourth-order valence-electron chi connectivity index (χ4n) is 5.72. The zero-order valence-electron chi connectivity index (χ0n) is 16.8. The number of amides is 1. The molecular weight excluding hydrogens is 341 g/mol. The number of halogens is 1. The molecule has 1 aromatic carbocycles. The number of anilines is 1. The van der Waals surface area contributed by atoms with Crippen molar-refractivity contribution in [1.82, 2.24) is 10.2 Å². The second kappa shape index (κ2) is 6.77. The Labute approximate surface area is 162 Å². The summed E-state index contributed by atoms with van der Waals surface area (Å²) in [7, 11) is 0. The molecule has 2 bridgehead atoms. The lowest BCUT2D eigenvalue weighted by atomic mass is 9.64. The standard InChI is InChI=1S/C22H32FN3O/c1-21(2)16-4-5-17(14-16)22(21,3)24-20(27)15-25-10-12-26(13-11-25)19-8-6-18(23)7-9-19/h6-9,16-17H,4-5,10-15H2,1-3H3,(H,24,27). The molecule has 27 heavy (non-hydrogen) atoms. The summed E-state index contributed by atoms with van der Waals surface area (Å²) in [5.74, 6) is 1.32. The second-order valence-corrected chi connectivity index (χ2v) is 9.42. The molecule has 0 aromatic heterocycles. The van der Waals surface area contributed by atoms with E-state index >= 15 is 0 Å². The molecule has 5 heteroatoms. The van der Waals surface area contributed by atoms with E-state index in [0.717, 1.165) is 37.8 Å². The molecule has 1 N–H and O–H groups in total. The van der Waals surface area contributed by atoms with E-state index in [1.54, 1.807) is 0 Å². The third-order valence-corrected chi connectivity index (χ3v) is 7.94. The Morgan fingerprint density at radius 2 is 1.70 bits per heavy atom. The molecular formula is C22H32FN3O. The number of carbonyl (C=O) groups excluding carboxylic acids is 1. The molecule has 3 fully saturated rings. The first kappa shape index (κ1) is 18.7. The Morgan fingerprint density at radius 1 is 1.07 bits per heavy atom. The maximum absolute atomic E-state index is 13.1. The van der Waals surface area contributed by atoms with E-state index in [-0.39, 0.29) is 22.7 Å². The van der Waals surface area contributed by atoms with Crippen LogP contribution in [0, 0.1) is 23.1 Å². The minimum absolute atomic E-state index is 0.0804. The van der Waals surface area contributed by atoms with Crippen LogP contribution in [0.1, 0.15) is 40.0 Å². The van der Waals surface area contributed by atoms with E-state index in [2.05, 4.69) is 35.9 Å². The first-order valence-electron chi connectivity index (χ1n) is 10.3. The summed E-state index contributed by atoms with van der Waals surface area (Å²) >= 11 is 0. The van der Waals surface area contributed by atoms with Gasteiger partial charge in [0.25, 0.3) is 0 Å². The average molecular weight is 374 g/mol. The summed E-state index contributed by atoms with van der Waals surface area (Å²) in [4.78, 5) is 17.3. The fourth-order valence-corrected chi connectivity index (χ4v) is 5.72. The van der Waals surface area contributed by atoms with E-state index < -0.39 is 0 Å². The van der Waals surface area contributed by atoms with E-state index in [4.69, 9.17) is 0 Å². The molecule has 1 aliphatic heterocycles. The number of rotatable bonds is 4. The van der Waals surface area contributed by atoms with Crippen molar-refractivity contribution < 1.29 is 9.18 Å². The Kier molecular flexibility index (Phi) is 4.69. The molecule has 3 atom stereocenters. The van der Waals surface area contributed by atoms with Crippen LogP contribution in [0.4, 0.5) is 10.1 Å². The number of hydrogen-bond donors (Lipinski definition) is 1. The minimum atomic E-state index is -0.203. The van der Waals surface area contributed by atoms with Gasteiger partial charge in [0.05, 0.1) is 6.54 Å². The van der Waals surface area contributed by atoms with Gasteiger partial charge in [-0.2, -0.15) is 0 Å². The number of hydrogen-bond acceptors (Lipinski definition) is 3. The predicted octanol–water partition coefficient (Wildman–Crippen LogP) is 3.28. The van der Waals surface area contributed by atoms with Crippen molar-refractivity contribution in [2.75, 3.05) is 37.6 Å². The lowest BCUT2D eigenvalue weighted by Crippen LogP contribution is -2.61. The Hall–Kier alpha value is -1.62. The van der Waals surface area contributed by atoms with Crippen molar-refractivity contribution >= 4 is 11.6 Å². The van der Waals surface area contributed by atoms with Crippen LogP contribution in [0.25, 0.3) is 0 Å². The van der Waals surface area contributed by atoms with Gasteiger partial charge in [0.15, 0.2) is 0 Å². The van der Waals surface area contributed by atoms with Crippen molar-refractivity contribution in [1.29, 1.82) is 0 Å². The Bertz CT molecular complexity index is 696. The van der Waals surface area contributed by atoms with Crippen molar-refractivity contribution in [3.8, 4) is 0 Å². The van der Waals surface area contributed by atoms with Gasteiger partial charge >= 0.3 is 0 Å². The first-order chi connectivity index (χ1) is 12.8. The highest BCUT2D eigenvalue weighted by molar-refractivity contribution is 5.79. The van der Waals surface area contributed by atoms with Crippen LogP contribution in [-0.4, -0.2) is 49.1 Å². The summed E-state index contributed by atoms with van der Waals surface area (Å²) in [6.45, 7) is 10.9. The highest BCUT2D eigenvalue weighted by Gasteiger charge is 2.60. The lowest BCUT2D eigenvalue weighted by Gasteiger charge is -2.48. The smallest absolute Gasteiger partial charge is 0.234 e. The number of fused-ring (bicyclic) bond motifs is 2. The Morgan fingerprint density at radius 3 is 2.30 bits per heavy atom. The predicted molar refractivity (Wildman–Crippen MR) is 106 cm³/mol. The molecule has 3 aliphatic rings. The topological polar surface area (TPSA) is 35.6 Å². The second-order valence-electron chi connectivity index (χ2n) is 9.42.